The maximum Gasteiger partial charge on any atom is 0.191 e. The molecule has 140 valence electrons. The lowest BCUT2D eigenvalue weighted by atomic mass is 9.92. The normalized spacial score (nSPS) is 12.6. The summed E-state index contributed by atoms with van der Waals surface area (Å²) >= 11 is 1.71. The molecular formula is C22H26N4S. The fourth-order valence-corrected chi connectivity index (χ4v) is 3.74. The lowest BCUT2D eigenvalue weighted by molar-refractivity contribution is 0.644. The highest BCUT2D eigenvalue weighted by Crippen LogP contribution is 2.20. The molecule has 3 rings (SSSR count). The maximum absolute atomic E-state index is 4.39. The van der Waals surface area contributed by atoms with Gasteiger partial charge in [-0.05, 0) is 24.5 Å². The number of aliphatic imine (C=N–C) groups is 1. The van der Waals surface area contributed by atoms with E-state index in [1.807, 2.05) is 6.20 Å². The van der Waals surface area contributed by atoms with E-state index in [2.05, 4.69) is 88.2 Å². The van der Waals surface area contributed by atoms with Gasteiger partial charge in [-0.15, -0.1) is 11.3 Å². The van der Waals surface area contributed by atoms with Crippen molar-refractivity contribution >= 4 is 17.3 Å². The maximum atomic E-state index is 4.39. The van der Waals surface area contributed by atoms with E-state index in [9.17, 15) is 0 Å². The molecule has 2 aromatic carbocycles. The fourth-order valence-electron chi connectivity index (χ4n) is 3.01. The first-order chi connectivity index (χ1) is 13.2. The van der Waals surface area contributed by atoms with Crippen LogP contribution < -0.4 is 10.6 Å². The molecular weight excluding hydrogens is 352 g/mol. The summed E-state index contributed by atoms with van der Waals surface area (Å²) < 4.78 is 0. The number of hydrogen-bond acceptors (Lipinski definition) is 3. The van der Waals surface area contributed by atoms with Gasteiger partial charge in [-0.1, -0.05) is 60.7 Å². The Morgan fingerprint density at radius 1 is 1.04 bits per heavy atom. The van der Waals surface area contributed by atoms with E-state index in [4.69, 9.17) is 0 Å². The van der Waals surface area contributed by atoms with E-state index in [-0.39, 0.29) is 0 Å². The number of thiazole rings is 1. The Labute approximate surface area is 165 Å². The van der Waals surface area contributed by atoms with Gasteiger partial charge in [0, 0.05) is 30.6 Å². The minimum absolute atomic E-state index is 0.370. The largest absolute Gasteiger partial charge is 0.356 e. The summed E-state index contributed by atoms with van der Waals surface area (Å²) in [5.74, 6) is 1.17. The van der Waals surface area contributed by atoms with E-state index in [0.717, 1.165) is 23.9 Å². The average Bonchev–Trinajstić information content (AvgIpc) is 3.13. The summed E-state index contributed by atoms with van der Waals surface area (Å²) in [5, 5.41) is 7.91. The molecule has 0 aliphatic carbocycles. The number of aromatic nitrogens is 1. The van der Waals surface area contributed by atoms with E-state index in [1.54, 1.807) is 18.4 Å². The Kier molecular flexibility index (Phi) is 6.99. The molecule has 0 aliphatic rings. The van der Waals surface area contributed by atoms with Gasteiger partial charge in [-0.25, -0.2) is 4.98 Å². The van der Waals surface area contributed by atoms with Crippen LogP contribution in [-0.2, 0) is 13.0 Å². The summed E-state index contributed by atoms with van der Waals surface area (Å²) in [6, 6.07) is 21.3. The minimum Gasteiger partial charge on any atom is -0.356 e. The van der Waals surface area contributed by atoms with Crippen LogP contribution in [0.5, 0.6) is 0 Å². The second kappa shape index (κ2) is 9.88. The molecule has 0 radical (unpaired) electrons. The van der Waals surface area contributed by atoms with Crippen LogP contribution in [0.2, 0.25) is 0 Å². The molecule has 1 unspecified atom stereocenters. The van der Waals surface area contributed by atoms with Crippen LogP contribution in [0, 0.1) is 6.92 Å². The topological polar surface area (TPSA) is 49.3 Å². The van der Waals surface area contributed by atoms with Crippen molar-refractivity contribution in [1.29, 1.82) is 0 Å². The number of nitrogens with zero attached hydrogens (tertiary/aromatic N) is 2. The van der Waals surface area contributed by atoms with Gasteiger partial charge in [0.15, 0.2) is 5.96 Å². The summed E-state index contributed by atoms with van der Waals surface area (Å²) in [6.07, 6.45) is 2.89. The van der Waals surface area contributed by atoms with Crippen LogP contribution in [0.1, 0.15) is 26.9 Å². The summed E-state index contributed by atoms with van der Waals surface area (Å²) in [5.41, 5.74) is 2.68. The molecule has 0 fully saturated rings. The molecule has 0 aliphatic heterocycles. The zero-order valence-corrected chi connectivity index (χ0v) is 16.7. The molecule has 0 spiro atoms. The lowest BCUT2D eigenvalue weighted by Gasteiger charge is -2.20. The van der Waals surface area contributed by atoms with Gasteiger partial charge in [-0.2, -0.15) is 0 Å². The summed E-state index contributed by atoms with van der Waals surface area (Å²) in [7, 11) is 1.80. The van der Waals surface area contributed by atoms with Crippen molar-refractivity contribution in [2.75, 3.05) is 13.6 Å². The third-order valence-electron chi connectivity index (χ3n) is 4.41. The molecule has 3 aromatic rings. The van der Waals surface area contributed by atoms with Crippen molar-refractivity contribution in [3.05, 3.63) is 87.9 Å². The van der Waals surface area contributed by atoms with Crippen molar-refractivity contribution in [3.8, 4) is 0 Å². The number of guanidine groups is 1. The molecule has 0 saturated heterocycles. The summed E-state index contributed by atoms with van der Waals surface area (Å²) in [4.78, 5) is 9.97. The smallest absolute Gasteiger partial charge is 0.191 e. The van der Waals surface area contributed by atoms with Crippen molar-refractivity contribution in [2.45, 2.75) is 25.8 Å². The van der Waals surface area contributed by atoms with E-state index < -0.39 is 0 Å². The lowest BCUT2D eigenvalue weighted by Crippen LogP contribution is -2.39. The Balaban J connectivity index is 1.62. The van der Waals surface area contributed by atoms with Crippen LogP contribution in [-0.4, -0.2) is 24.5 Å². The highest BCUT2D eigenvalue weighted by molar-refractivity contribution is 7.11. The molecule has 2 N–H and O–H groups in total. The van der Waals surface area contributed by atoms with Gasteiger partial charge in [0.25, 0.3) is 0 Å². The number of nitrogens with one attached hydrogen (secondary N) is 2. The standard InChI is InChI=1S/C22H26N4S/c1-17-14-24-21(27-17)16-26-22(23-2)25-15-20(19-11-7-4-8-12-19)13-18-9-5-3-6-10-18/h3-12,14,20H,13,15-16H2,1-2H3,(H2,23,25,26). The van der Waals surface area contributed by atoms with Crippen molar-refractivity contribution in [1.82, 2.24) is 15.6 Å². The molecule has 0 bridgehead atoms. The molecule has 0 amide bonds. The first-order valence-corrected chi connectivity index (χ1v) is 10.0. The predicted octanol–water partition coefficient (Wildman–Crippen LogP) is 4.14. The van der Waals surface area contributed by atoms with Crippen LogP contribution in [0.15, 0.2) is 71.9 Å². The van der Waals surface area contributed by atoms with Gasteiger partial charge < -0.3 is 10.6 Å². The number of hydrogen-bond donors (Lipinski definition) is 2. The first kappa shape index (κ1) is 19.1. The van der Waals surface area contributed by atoms with Gasteiger partial charge in [0.1, 0.15) is 5.01 Å². The molecule has 1 atom stereocenters. The number of rotatable bonds is 7. The molecule has 27 heavy (non-hydrogen) atoms. The Morgan fingerprint density at radius 3 is 2.37 bits per heavy atom. The highest BCUT2D eigenvalue weighted by atomic mass is 32.1. The van der Waals surface area contributed by atoms with Gasteiger partial charge in [0.2, 0.25) is 0 Å². The molecule has 4 nitrogen and oxygen atoms in total. The minimum atomic E-state index is 0.370. The Bertz CT molecular complexity index is 843. The zero-order valence-electron chi connectivity index (χ0n) is 15.9. The average molecular weight is 379 g/mol. The zero-order chi connectivity index (χ0) is 18.9. The van der Waals surface area contributed by atoms with Crippen LogP contribution in [0.25, 0.3) is 0 Å². The fraction of sp³-hybridized carbons (Fsp3) is 0.273. The molecule has 0 saturated carbocycles. The van der Waals surface area contributed by atoms with Gasteiger partial charge in [0.05, 0.1) is 6.54 Å². The monoisotopic (exact) mass is 378 g/mol. The molecule has 1 heterocycles. The molecule has 1 aromatic heterocycles. The second-order valence-corrected chi connectivity index (χ2v) is 7.79. The third-order valence-corrected chi connectivity index (χ3v) is 5.32. The Hall–Kier alpha value is -2.66. The molecule has 5 heteroatoms. The van der Waals surface area contributed by atoms with Crippen molar-refractivity contribution < 1.29 is 0 Å². The van der Waals surface area contributed by atoms with E-state index >= 15 is 0 Å². The van der Waals surface area contributed by atoms with Gasteiger partial charge >= 0.3 is 0 Å². The van der Waals surface area contributed by atoms with Crippen LogP contribution in [0.4, 0.5) is 0 Å². The first-order valence-electron chi connectivity index (χ1n) is 9.19. The number of benzene rings is 2. The van der Waals surface area contributed by atoms with E-state index in [0.29, 0.717) is 12.5 Å². The highest BCUT2D eigenvalue weighted by Gasteiger charge is 2.13. The number of aryl methyl sites for hydroxylation is 1. The Morgan fingerprint density at radius 2 is 1.74 bits per heavy atom. The third kappa shape index (κ3) is 5.93. The van der Waals surface area contributed by atoms with Crippen LogP contribution >= 0.6 is 11.3 Å². The SMILES string of the molecule is CN=C(NCc1ncc(C)s1)NCC(Cc1ccccc1)c1ccccc1. The predicted molar refractivity (Wildman–Crippen MR) is 114 cm³/mol. The quantitative estimate of drug-likeness (QED) is 0.480. The van der Waals surface area contributed by atoms with Gasteiger partial charge in [-0.3, -0.25) is 4.99 Å². The van der Waals surface area contributed by atoms with Crippen molar-refractivity contribution in [3.63, 3.8) is 0 Å². The summed E-state index contributed by atoms with van der Waals surface area (Å²) in [6.45, 7) is 3.57. The van der Waals surface area contributed by atoms with E-state index in [1.165, 1.54) is 16.0 Å². The van der Waals surface area contributed by atoms with Crippen LogP contribution in [0.3, 0.4) is 0 Å². The second-order valence-electron chi connectivity index (χ2n) is 6.47. The van der Waals surface area contributed by atoms with Crippen molar-refractivity contribution in [2.24, 2.45) is 4.99 Å².